The minimum atomic E-state index is -0.222. The lowest BCUT2D eigenvalue weighted by atomic mass is 9.89. The molecule has 0 radical (unpaired) electrons. The highest BCUT2D eigenvalue weighted by Gasteiger charge is 2.34. The van der Waals surface area contributed by atoms with Gasteiger partial charge in [-0.1, -0.05) is 30.3 Å². The molecular formula is C33H37N7O4. The molecule has 1 amide bonds. The Morgan fingerprint density at radius 1 is 1.05 bits per heavy atom. The molecule has 4 aromatic heterocycles. The van der Waals surface area contributed by atoms with Gasteiger partial charge in [0.05, 0.1) is 42.4 Å². The number of hydrogen-bond donors (Lipinski definition) is 1. The second-order valence-electron chi connectivity index (χ2n) is 11.6. The van der Waals surface area contributed by atoms with Crippen molar-refractivity contribution < 1.29 is 19.0 Å². The number of nitrogens with zero attached hydrogens (tertiary/aromatic N) is 6. The summed E-state index contributed by atoms with van der Waals surface area (Å²) < 4.78 is 20.9. The van der Waals surface area contributed by atoms with Crippen LogP contribution < -0.4 is 10.2 Å². The van der Waals surface area contributed by atoms with Gasteiger partial charge in [-0.2, -0.15) is 5.10 Å². The Morgan fingerprint density at radius 3 is 2.66 bits per heavy atom. The van der Waals surface area contributed by atoms with Crippen molar-refractivity contribution in [2.45, 2.75) is 50.1 Å². The van der Waals surface area contributed by atoms with Crippen molar-refractivity contribution in [3.8, 4) is 11.3 Å². The number of methoxy groups -OCH3 is 2. The van der Waals surface area contributed by atoms with Crippen molar-refractivity contribution in [2.24, 2.45) is 0 Å². The summed E-state index contributed by atoms with van der Waals surface area (Å²) in [6, 6.07) is 16.4. The molecule has 1 N–H and O–H groups in total. The molecule has 1 aliphatic heterocycles. The normalized spacial score (nSPS) is 21.8. The summed E-state index contributed by atoms with van der Waals surface area (Å²) in [5.74, 6) is -0.222. The molecule has 5 aromatic rings. The van der Waals surface area contributed by atoms with Gasteiger partial charge in [-0.15, -0.1) is 0 Å². The lowest BCUT2D eigenvalue weighted by Crippen LogP contribution is -2.51. The van der Waals surface area contributed by atoms with Crippen molar-refractivity contribution in [3.63, 3.8) is 0 Å². The van der Waals surface area contributed by atoms with E-state index in [1.54, 1.807) is 24.9 Å². The van der Waals surface area contributed by atoms with Gasteiger partial charge in [0.1, 0.15) is 11.8 Å². The van der Waals surface area contributed by atoms with Crippen LogP contribution in [0, 0.1) is 0 Å². The van der Waals surface area contributed by atoms with Crippen LogP contribution in [0.1, 0.15) is 41.4 Å². The fourth-order valence-electron chi connectivity index (χ4n) is 6.40. The Morgan fingerprint density at radius 2 is 1.89 bits per heavy atom. The molecule has 228 valence electrons. The number of nitrogens with one attached hydrogen (secondary N) is 1. The summed E-state index contributed by atoms with van der Waals surface area (Å²) >= 11 is 0. The predicted octanol–water partition coefficient (Wildman–Crippen LogP) is 4.27. The lowest BCUT2D eigenvalue weighted by molar-refractivity contribution is -0.0592. The maximum atomic E-state index is 13.6. The molecular weight excluding hydrogens is 558 g/mol. The standard InChI is InChI=1S/C33H37N7O4/c1-38(18-21-8-5-4-6-9-21)27-16-25(37-40-28(17-35-32(27)40)33(41)36-24-11-12-29(24)42-2)23-19-39(31-22(23)10-7-14-34-31)26-13-15-44-20-30(26)43-3/h4-10,14,16-17,19,24,26,29-30H,11-13,15,18,20H2,1-3H3,(H,36,41)/t24-,26+,29-,30+/m0/s1. The summed E-state index contributed by atoms with van der Waals surface area (Å²) in [6.45, 7) is 1.84. The van der Waals surface area contributed by atoms with E-state index in [9.17, 15) is 4.79 Å². The average molecular weight is 596 g/mol. The summed E-state index contributed by atoms with van der Waals surface area (Å²) in [4.78, 5) is 25.2. The third kappa shape index (κ3) is 5.10. The topological polar surface area (TPSA) is 108 Å². The van der Waals surface area contributed by atoms with Gasteiger partial charge in [-0.05, 0) is 43.0 Å². The Balaban J connectivity index is 1.36. The Labute approximate surface area is 255 Å². The molecule has 11 nitrogen and oxygen atoms in total. The number of ether oxygens (including phenoxy) is 3. The van der Waals surface area contributed by atoms with Gasteiger partial charge in [0.25, 0.3) is 5.91 Å². The van der Waals surface area contributed by atoms with Crippen LogP contribution in [0.5, 0.6) is 0 Å². The second-order valence-corrected chi connectivity index (χ2v) is 11.6. The smallest absolute Gasteiger partial charge is 0.271 e. The molecule has 44 heavy (non-hydrogen) atoms. The zero-order valence-electron chi connectivity index (χ0n) is 25.2. The van der Waals surface area contributed by atoms with E-state index >= 15 is 0 Å². The van der Waals surface area contributed by atoms with Gasteiger partial charge in [0.2, 0.25) is 0 Å². The fourth-order valence-corrected chi connectivity index (χ4v) is 6.40. The van der Waals surface area contributed by atoms with Gasteiger partial charge in [-0.3, -0.25) is 4.79 Å². The molecule has 0 spiro atoms. The second kappa shape index (κ2) is 12.0. The Bertz CT molecular complexity index is 1780. The number of aromatic nitrogens is 5. The molecule has 4 atom stereocenters. The zero-order chi connectivity index (χ0) is 30.2. The van der Waals surface area contributed by atoms with Gasteiger partial charge >= 0.3 is 0 Å². The van der Waals surface area contributed by atoms with Crippen LogP contribution in [0.4, 0.5) is 5.69 Å². The molecule has 2 fully saturated rings. The lowest BCUT2D eigenvalue weighted by Gasteiger charge is -2.35. The molecule has 1 saturated carbocycles. The number of anilines is 1. The van der Waals surface area contributed by atoms with E-state index in [1.165, 1.54) is 0 Å². The highest BCUT2D eigenvalue weighted by molar-refractivity contribution is 5.96. The van der Waals surface area contributed by atoms with Crippen LogP contribution in [0.25, 0.3) is 27.9 Å². The largest absolute Gasteiger partial charge is 0.379 e. The average Bonchev–Trinajstić information content (AvgIpc) is 3.65. The number of hydrogen-bond acceptors (Lipinski definition) is 8. The predicted molar refractivity (Wildman–Crippen MR) is 167 cm³/mol. The van der Waals surface area contributed by atoms with E-state index in [1.807, 2.05) is 37.5 Å². The monoisotopic (exact) mass is 595 g/mol. The van der Waals surface area contributed by atoms with Crippen molar-refractivity contribution >= 4 is 28.3 Å². The first-order chi connectivity index (χ1) is 21.6. The number of amides is 1. The van der Waals surface area contributed by atoms with E-state index < -0.39 is 0 Å². The van der Waals surface area contributed by atoms with Gasteiger partial charge in [0.15, 0.2) is 11.3 Å². The van der Waals surface area contributed by atoms with E-state index in [4.69, 9.17) is 29.3 Å². The maximum Gasteiger partial charge on any atom is 0.271 e. The van der Waals surface area contributed by atoms with Crippen LogP contribution in [0.15, 0.2) is 67.1 Å². The summed E-state index contributed by atoms with van der Waals surface area (Å²) in [5, 5.41) is 9.16. The van der Waals surface area contributed by atoms with Gasteiger partial charge < -0.3 is 29.0 Å². The number of imidazole rings is 1. The molecule has 1 aliphatic carbocycles. The highest BCUT2D eigenvalue weighted by Crippen LogP contribution is 2.36. The van der Waals surface area contributed by atoms with E-state index in [-0.39, 0.29) is 30.2 Å². The minimum absolute atomic E-state index is 0.0222. The fraction of sp³-hybridized carbons (Fsp3) is 0.394. The first-order valence-corrected chi connectivity index (χ1v) is 15.1. The SMILES string of the molecule is CO[C@H]1CC[C@@H]1NC(=O)c1cnc2c(N(C)Cc3ccccc3)cc(-c3cn([C@@H]4CCOC[C@H]4OC)c4ncccc34)nn12. The number of fused-ring (bicyclic) bond motifs is 2. The first-order valence-electron chi connectivity index (χ1n) is 15.1. The quantitative estimate of drug-likeness (QED) is 0.269. The third-order valence-corrected chi connectivity index (χ3v) is 8.98. The van der Waals surface area contributed by atoms with Crippen LogP contribution >= 0.6 is 0 Å². The van der Waals surface area contributed by atoms with Crippen molar-refractivity contribution in [2.75, 3.05) is 39.4 Å². The van der Waals surface area contributed by atoms with Crippen molar-refractivity contribution in [1.82, 2.24) is 29.5 Å². The van der Waals surface area contributed by atoms with Crippen LogP contribution in [-0.4, -0.2) is 82.8 Å². The molecule has 11 heteroatoms. The molecule has 0 unspecified atom stereocenters. The number of pyridine rings is 1. The minimum Gasteiger partial charge on any atom is -0.379 e. The summed E-state index contributed by atoms with van der Waals surface area (Å²) in [5.41, 5.74) is 5.51. The van der Waals surface area contributed by atoms with Gasteiger partial charge in [-0.25, -0.2) is 14.5 Å². The summed E-state index contributed by atoms with van der Waals surface area (Å²) in [7, 11) is 5.44. The maximum absolute atomic E-state index is 13.6. The molecule has 5 heterocycles. The number of benzene rings is 1. The molecule has 1 saturated heterocycles. The molecule has 1 aromatic carbocycles. The van der Waals surface area contributed by atoms with Gasteiger partial charge in [0, 0.05) is 57.8 Å². The van der Waals surface area contributed by atoms with Crippen LogP contribution in [-0.2, 0) is 20.8 Å². The summed E-state index contributed by atoms with van der Waals surface area (Å²) in [6.07, 6.45) is 8.09. The van der Waals surface area contributed by atoms with E-state index in [0.29, 0.717) is 31.1 Å². The third-order valence-electron chi connectivity index (χ3n) is 8.98. The Kier molecular flexibility index (Phi) is 7.75. The number of rotatable bonds is 9. The van der Waals surface area contributed by atoms with E-state index in [2.05, 4.69) is 45.2 Å². The van der Waals surface area contributed by atoms with E-state index in [0.717, 1.165) is 52.8 Å². The van der Waals surface area contributed by atoms with Crippen LogP contribution in [0.3, 0.4) is 0 Å². The molecule has 0 bridgehead atoms. The first kappa shape index (κ1) is 28.5. The zero-order valence-corrected chi connectivity index (χ0v) is 25.2. The van der Waals surface area contributed by atoms with Crippen LogP contribution in [0.2, 0.25) is 0 Å². The Hall–Kier alpha value is -4.32. The molecule has 2 aliphatic rings. The highest BCUT2D eigenvalue weighted by atomic mass is 16.5. The van der Waals surface area contributed by atoms with Crippen molar-refractivity contribution in [3.05, 3.63) is 78.4 Å². The van der Waals surface area contributed by atoms with Crippen molar-refractivity contribution in [1.29, 1.82) is 0 Å². The molecule has 7 rings (SSSR count). The number of carbonyl (C=O) groups excluding carboxylic acids is 1. The number of carbonyl (C=O) groups is 1.